The smallest absolute Gasteiger partial charge is 0.270 e. The van der Waals surface area contributed by atoms with Crippen LogP contribution in [0.1, 0.15) is 29.0 Å². The Morgan fingerprint density at radius 1 is 1.04 bits per heavy atom. The van der Waals surface area contributed by atoms with Crippen molar-refractivity contribution in [3.8, 4) is 11.3 Å². The SMILES string of the molecule is C[C@@H](NC(=O)c1cc(-c2ccccc2)nn1C)c1ccccc1. The van der Waals surface area contributed by atoms with Crippen LogP contribution in [-0.4, -0.2) is 15.7 Å². The molecule has 1 amide bonds. The van der Waals surface area contributed by atoms with Crippen molar-refractivity contribution in [1.29, 1.82) is 0 Å². The van der Waals surface area contributed by atoms with E-state index in [1.165, 1.54) is 0 Å². The van der Waals surface area contributed by atoms with Crippen molar-refractivity contribution in [2.75, 3.05) is 0 Å². The van der Waals surface area contributed by atoms with Gasteiger partial charge in [-0.3, -0.25) is 9.48 Å². The summed E-state index contributed by atoms with van der Waals surface area (Å²) in [6, 6.07) is 21.5. The molecule has 4 heteroatoms. The minimum absolute atomic E-state index is 0.0567. The van der Waals surface area contributed by atoms with Crippen LogP contribution in [-0.2, 0) is 7.05 Å². The number of benzene rings is 2. The van der Waals surface area contributed by atoms with Crippen LogP contribution in [0.5, 0.6) is 0 Å². The van der Waals surface area contributed by atoms with Gasteiger partial charge in [-0.2, -0.15) is 5.10 Å². The van der Waals surface area contributed by atoms with Crippen LogP contribution in [0.4, 0.5) is 0 Å². The van der Waals surface area contributed by atoms with E-state index in [0.717, 1.165) is 16.8 Å². The molecule has 2 aromatic carbocycles. The minimum atomic E-state index is -0.126. The molecule has 3 rings (SSSR count). The van der Waals surface area contributed by atoms with Crippen LogP contribution >= 0.6 is 0 Å². The number of aromatic nitrogens is 2. The topological polar surface area (TPSA) is 46.9 Å². The highest BCUT2D eigenvalue weighted by molar-refractivity contribution is 5.94. The number of carbonyl (C=O) groups is 1. The first-order chi connectivity index (χ1) is 11.1. The average Bonchev–Trinajstić information content (AvgIpc) is 2.98. The van der Waals surface area contributed by atoms with E-state index in [0.29, 0.717) is 5.69 Å². The molecule has 0 aliphatic heterocycles. The van der Waals surface area contributed by atoms with Crippen LogP contribution in [0.3, 0.4) is 0 Å². The molecule has 0 saturated carbocycles. The third-order valence-corrected chi connectivity index (χ3v) is 3.83. The number of amides is 1. The Bertz CT molecular complexity index is 794. The van der Waals surface area contributed by atoms with Gasteiger partial charge in [-0.1, -0.05) is 60.7 Å². The summed E-state index contributed by atoms with van der Waals surface area (Å²) in [4.78, 5) is 12.5. The first kappa shape index (κ1) is 15.0. The number of hydrogen-bond acceptors (Lipinski definition) is 2. The van der Waals surface area contributed by atoms with Crippen molar-refractivity contribution < 1.29 is 4.79 Å². The summed E-state index contributed by atoms with van der Waals surface area (Å²) in [6.07, 6.45) is 0. The van der Waals surface area contributed by atoms with Gasteiger partial charge in [0.25, 0.3) is 5.91 Å². The lowest BCUT2D eigenvalue weighted by Crippen LogP contribution is -2.28. The highest BCUT2D eigenvalue weighted by Gasteiger charge is 2.16. The molecular weight excluding hydrogens is 286 g/mol. The van der Waals surface area contributed by atoms with Gasteiger partial charge in [0.05, 0.1) is 11.7 Å². The maximum absolute atomic E-state index is 12.5. The van der Waals surface area contributed by atoms with Gasteiger partial charge in [-0.25, -0.2) is 0 Å². The number of aryl methyl sites for hydroxylation is 1. The lowest BCUT2D eigenvalue weighted by molar-refractivity contribution is 0.0930. The molecule has 0 saturated heterocycles. The summed E-state index contributed by atoms with van der Waals surface area (Å²) in [5, 5.41) is 7.46. The Labute approximate surface area is 135 Å². The monoisotopic (exact) mass is 305 g/mol. The summed E-state index contributed by atoms with van der Waals surface area (Å²) in [5.74, 6) is -0.126. The number of nitrogens with one attached hydrogen (secondary N) is 1. The van der Waals surface area contributed by atoms with Gasteiger partial charge >= 0.3 is 0 Å². The molecular formula is C19H19N3O. The van der Waals surface area contributed by atoms with E-state index in [4.69, 9.17) is 0 Å². The molecule has 0 bridgehead atoms. The van der Waals surface area contributed by atoms with E-state index in [1.54, 1.807) is 11.7 Å². The molecule has 116 valence electrons. The molecule has 23 heavy (non-hydrogen) atoms. The molecule has 0 fully saturated rings. The van der Waals surface area contributed by atoms with Gasteiger partial charge in [0.15, 0.2) is 0 Å². The number of hydrogen-bond donors (Lipinski definition) is 1. The summed E-state index contributed by atoms with van der Waals surface area (Å²) in [7, 11) is 1.79. The van der Waals surface area contributed by atoms with Crippen LogP contribution in [0.2, 0.25) is 0 Å². The molecule has 0 aliphatic rings. The Kier molecular flexibility index (Phi) is 4.24. The fourth-order valence-electron chi connectivity index (χ4n) is 2.53. The summed E-state index contributed by atoms with van der Waals surface area (Å²) in [5.41, 5.74) is 3.42. The molecule has 1 N–H and O–H groups in total. The molecule has 3 aromatic rings. The highest BCUT2D eigenvalue weighted by Crippen LogP contribution is 2.19. The van der Waals surface area contributed by atoms with Gasteiger partial charge in [0.1, 0.15) is 5.69 Å². The van der Waals surface area contributed by atoms with Gasteiger partial charge in [-0.05, 0) is 18.6 Å². The van der Waals surface area contributed by atoms with Crippen molar-refractivity contribution in [3.63, 3.8) is 0 Å². The predicted octanol–water partition coefficient (Wildman–Crippen LogP) is 3.58. The minimum Gasteiger partial charge on any atom is -0.344 e. The second-order valence-corrected chi connectivity index (χ2v) is 5.51. The Hall–Kier alpha value is -2.88. The summed E-state index contributed by atoms with van der Waals surface area (Å²) in [6.45, 7) is 1.97. The van der Waals surface area contributed by atoms with Gasteiger partial charge in [-0.15, -0.1) is 0 Å². The fraction of sp³-hybridized carbons (Fsp3) is 0.158. The largest absolute Gasteiger partial charge is 0.344 e. The Morgan fingerprint density at radius 3 is 2.30 bits per heavy atom. The van der Waals surface area contributed by atoms with Gasteiger partial charge in [0.2, 0.25) is 0 Å². The third kappa shape index (κ3) is 3.31. The lowest BCUT2D eigenvalue weighted by Gasteiger charge is -2.14. The molecule has 0 spiro atoms. The van der Waals surface area contributed by atoms with Crippen LogP contribution < -0.4 is 5.32 Å². The second-order valence-electron chi connectivity index (χ2n) is 5.51. The zero-order chi connectivity index (χ0) is 16.2. The Morgan fingerprint density at radius 2 is 1.65 bits per heavy atom. The molecule has 1 aromatic heterocycles. The van der Waals surface area contributed by atoms with Crippen molar-refractivity contribution in [3.05, 3.63) is 78.0 Å². The van der Waals surface area contributed by atoms with Crippen LogP contribution in [0.15, 0.2) is 66.7 Å². The van der Waals surface area contributed by atoms with Gasteiger partial charge in [0, 0.05) is 12.6 Å². The first-order valence-corrected chi connectivity index (χ1v) is 7.60. The maximum Gasteiger partial charge on any atom is 0.270 e. The zero-order valence-electron chi connectivity index (χ0n) is 13.2. The molecule has 1 heterocycles. The second kappa shape index (κ2) is 6.48. The average molecular weight is 305 g/mol. The van der Waals surface area contributed by atoms with Crippen LogP contribution in [0.25, 0.3) is 11.3 Å². The predicted molar refractivity (Wildman–Crippen MR) is 91.0 cm³/mol. The molecule has 0 radical (unpaired) electrons. The van der Waals surface area contributed by atoms with E-state index in [2.05, 4.69) is 10.4 Å². The van der Waals surface area contributed by atoms with E-state index < -0.39 is 0 Å². The standard InChI is InChI=1S/C19H19N3O/c1-14(15-9-5-3-6-10-15)20-19(23)18-13-17(21-22(18)2)16-11-7-4-8-12-16/h3-14H,1-2H3,(H,20,23)/t14-/m1/s1. The number of carbonyl (C=O) groups excluding carboxylic acids is 1. The normalized spacial score (nSPS) is 11.9. The molecule has 1 atom stereocenters. The first-order valence-electron chi connectivity index (χ1n) is 7.60. The maximum atomic E-state index is 12.5. The van der Waals surface area contributed by atoms with Crippen LogP contribution in [0, 0.1) is 0 Å². The van der Waals surface area contributed by atoms with Crippen molar-refractivity contribution >= 4 is 5.91 Å². The number of rotatable bonds is 4. The summed E-state index contributed by atoms with van der Waals surface area (Å²) >= 11 is 0. The summed E-state index contributed by atoms with van der Waals surface area (Å²) < 4.78 is 1.62. The van der Waals surface area contributed by atoms with Crippen molar-refractivity contribution in [2.45, 2.75) is 13.0 Å². The lowest BCUT2D eigenvalue weighted by atomic mass is 10.1. The quantitative estimate of drug-likeness (QED) is 0.801. The van der Waals surface area contributed by atoms with Gasteiger partial charge < -0.3 is 5.32 Å². The van der Waals surface area contributed by atoms with Crippen molar-refractivity contribution in [1.82, 2.24) is 15.1 Å². The van der Waals surface area contributed by atoms with Crippen molar-refractivity contribution in [2.24, 2.45) is 7.05 Å². The molecule has 0 aliphatic carbocycles. The number of nitrogens with zero attached hydrogens (tertiary/aromatic N) is 2. The zero-order valence-corrected chi connectivity index (χ0v) is 13.2. The Balaban J connectivity index is 1.79. The van der Waals surface area contributed by atoms with E-state index in [9.17, 15) is 4.79 Å². The van der Waals surface area contributed by atoms with E-state index in [-0.39, 0.29) is 11.9 Å². The highest BCUT2D eigenvalue weighted by atomic mass is 16.2. The van der Waals surface area contributed by atoms with E-state index in [1.807, 2.05) is 73.7 Å². The van der Waals surface area contributed by atoms with E-state index >= 15 is 0 Å². The molecule has 0 unspecified atom stereocenters. The fourth-order valence-corrected chi connectivity index (χ4v) is 2.53. The molecule has 4 nitrogen and oxygen atoms in total. The third-order valence-electron chi connectivity index (χ3n) is 3.83.